The maximum Gasteiger partial charge on any atom is 0.416 e. The third-order valence-corrected chi connectivity index (χ3v) is 5.76. The Kier molecular flexibility index (Phi) is 6.72. The lowest BCUT2D eigenvalue weighted by molar-refractivity contribution is -0.138. The first-order valence-electron chi connectivity index (χ1n) is 10.1. The van der Waals surface area contributed by atoms with Gasteiger partial charge in [-0.3, -0.25) is 0 Å². The van der Waals surface area contributed by atoms with Crippen LogP contribution in [0.15, 0.2) is 34.8 Å². The van der Waals surface area contributed by atoms with Crippen molar-refractivity contribution in [2.45, 2.75) is 52.4 Å². The molecule has 0 bridgehead atoms. The van der Waals surface area contributed by atoms with Gasteiger partial charge in [-0.15, -0.1) is 0 Å². The summed E-state index contributed by atoms with van der Waals surface area (Å²) < 4.78 is 40.8. The molecule has 0 unspecified atom stereocenters. The van der Waals surface area contributed by atoms with E-state index in [4.69, 9.17) is 0 Å². The van der Waals surface area contributed by atoms with Crippen molar-refractivity contribution in [3.63, 3.8) is 0 Å². The highest BCUT2D eigenvalue weighted by Gasteiger charge is 2.33. The molecule has 0 spiro atoms. The van der Waals surface area contributed by atoms with E-state index in [0.717, 1.165) is 21.6 Å². The molecule has 172 valence electrons. The lowest BCUT2D eigenvalue weighted by Gasteiger charge is -2.22. The van der Waals surface area contributed by atoms with Gasteiger partial charge in [0.1, 0.15) is 11.6 Å². The second-order valence-corrected chi connectivity index (χ2v) is 9.37. The third-order valence-electron chi connectivity index (χ3n) is 5.11. The molecule has 3 aromatic rings. The van der Waals surface area contributed by atoms with Gasteiger partial charge < -0.3 is 15.7 Å². The third kappa shape index (κ3) is 5.50. The number of benzene rings is 2. The van der Waals surface area contributed by atoms with Gasteiger partial charge in [0.05, 0.1) is 28.4 Å². The van der Waals surface area contributed by atoms with Crippen LogP contribution in [0.25, 0.3) is 10.9 Å². The molecular formula is C23H26BrF3N4O. The zero-order valence-electron chi connectivity index (χ0n) is 18.5. The van der Waals surface area contributed by atoms with Crippen LogP contribution in [0, 0.1) is 13.8 Å². The average molecular weight is 511 g/mol. The summed E-state index contributed by atoms with van der Waals surface area (Å²) >= 11 is 3.54. The number of anilines is 2. The maximum atomic E-state index is 13.3. The van der Waals surface area contributed by atoms with Gasteiger partial charge in [0.2, 0.25) is 0 Å². The van der Waals surface area contributed by atoms with E-state index in [-0.39, 0.29) is 5.56 Å². The quantitative estimate of drug-likeness (QED) is 0.358. The summed E-state index contributed by atoms with van der Waals surface area (Å²) in [6.45, 7) is 8.81. The van der Waals surface area contributed by atoms with Gasteiger partial charge in [-0.2, -0.15) is 13.2 Å². The van der Waals surface area contributed by atoms with E-state index in [1.807, 2.05) is 12.1 Å². The fourth-order valence-electron chi connectivity index (χ4n) is 3.53. The molecule has 0 aliphatic rings. The van der Waals surface area contributed by atoms with Crippen LogP contribution in [0.5, 0.6) is 0 Å². The van der Waals surface area contributed by atoms with Crippen molar-refractivity contribution in [1.29, 1.82) is 0 Å². The Morgan fingerprint density at radius 2 is 1.81 bits per heavy atom. The fraction of sp³-hybridized carbons (Fsp3) is 0.391. The van der Waals surface area contributed by atoms with E-state index in [9.17, 15) is 18.3 Å². The molecular weight excluding hydrogens is 485 g/mol. The van der Waals surface area contributed by atoms with Gasteiger partial charge >= 0.3 is 6.18 Å². The van der Waals surface area contributed by atoms with E-state index < -0.39 is 23.4 Å². The first kappa shape index (κ1) is 24.3. The minimum absolute atomic E-state index is 0.189. The number of hydrogen-bond acceptors (Lipinski definition) is 5. The molecule has 1 atom stereocenters. The average Bonchev–Trinajstić information content (AvgIpc) is 2.65. The van der Waals surface area contributed by atoms with Gasteiger partial charge in [-0.05, 0) is 79.9 Å². The molecule has 1 heterocycles. The summed E-state index contributed by atoms with van der Waals surface area (Å²) in [7, 11) is 0. The smallest absolute Gasteiger partial charge is 0.389 e. The van der Waals surface area contributed by atoms with Crippen LogP contribution in [0.2, 0.25) is 0 Å². The molecule has 9 heteroatoms. The summed E-state index contributed by atoms with van der Waals surface area (Å²) in [6.07, 6.45) is -4.41. The van der Waals surface area contributed by atoms with E-state index >= 15 is 0 Å². The molecule has 0 radical (unpaired) electrons. The molecule has 0 aliphatic heterocycles. The van der Waals surface area contributed by atoms with Gasteiger partial charge in [-0.25, -0.2) is 9.97 Å². The summed E-state index contributed by atoms with van der Waals surface area (Å²) in [4.78, 5) is 9.00. The Morgan fingerprint density at radius 3 is 2.44 bits per heavy atom. The highest BCUT2D eigenvalue weighted by molar-refractivity contribution is 9.10. The molecule has 3 N–H and O–H groups in total. The van der Waals surface area contributed by atoms with Crippen LogP contribution in [0.4, 0.5) is 24.7 Å². The highest BCUT2D eigenvalue weighted by atomic mass is 79.9. The second-order valence-electron chi connectivity index (χ2n) is 8.52. The number of nitrogens with zero attached hydrogens (tertiary/aromatic N) is 2. The lowest BCUT2D eigenvalue weighted by atomic mass is 9.97. The molecule has 0 aliphatic carbocycles. The maximum absolute atomic E-state index is 13.3. The normalized spacial score (nSPS) is 13.3. The Hall–Kier alpha value is -2.39. The molecule has 3 rings (SSSR count). The first-order valence-corrected chi connectivity index (χ1v) is 10.9. The van der Waals surface area contributed by atoms with E-state index in [1.54, 1.807) is 33.8 Å². The predicted molar refractivity (Wildman–Crippen MR) is 125 cm³/mol. The number of alkyl halides is 3. The second kappa shape index (κ2) is 8.86. The fourth-order valence-corrected chi connectivity index (χ4v) is 4.02. The minimum atomic E-state index is -4.41. The van der Waals surface area contributed by atoms with Crippen molar-refractivity contribution in [2.75, 3.05) is 17.2 Å². The first-order chi connectivity index (χ1) is 14.8. The molecule has 1 aromatic heterocycles. The van der Waals surface area contributed by atoms with Crippen molar-refractivity contribution < 1.29 is 18.3 Å². The lowest BCUT2D eigenvalue weighted by Crippen LogP contribution is -2.29. The Morgan fingerprint density at radius 1 is 1.12 bits per heavy atom. The van der Waals surface area contributed by atoms with Crippen molar-refractivity contribution in [2.24, 2.45) is 0 Å². The molecule has 32 heavy (non-hydrogen) atoms. The van der Waals surface area contributed by atoms with Crippen molar-refractivity contribution in [3.05, 3.63) is 57.3 Å². The SMILES string of the molecule is Cc1nc(N[C@H](C)c2cccc(C(F)(F)F)c2C)c2cc(Br)c(NCC(C)(C)O)cc2n1. The largest absolute Gasteiger partial charge is 0.416 e. The van der Waals surface area contributed by atoms with Crippen molar-refractivity contribution in [3.8, 4) is 0 Å². The minimum Gasteiger partial charge on any atom is -0.389 e. The molecule has 5 nitrogen and oxygen atoms in total. The standard InChI is InChI=1S/C23H26BrF3N4O/c1-12-15(7-6-8-17(12)23(25,26)27)13(2)29-21-16-9-18(24)20(28-11-22(4,5)32)10-19(16)30-14(3)31-21/h6-10,13,28,32H,11H2,1-5H3,(H,29,30,31)/t13-/m1/s1. The molecule has 0 saturated heterocycles. The molecule has 2 aromatic carbocycles. The molecule has 0 amide bonds. The van der Waals surface area contributed by atoms with Crippen LogP contribution in [0.1, 0.15) is 49.3 Å². The Bertz CT molecular complexity index is 1140. The van der Waals surface area contributed by atoms with Crippen LogP contribution in [0.3, 0.4) is 0 Å². The van der Waals surface area contributed by atoms with Gasteiger partial charge in [0, 0.05) is 16.4 Å². The summed E-state index contributed by atoms with van der Waals surface area (Å²) in [5.41, 5.74) is 0.652. The predicted octanol–water partition coefficient (Wildman–Crippen LogP) is 6.38. The Labute approximate surface area is 193 Å². The van der Waals surface area contributed by atoms with Crippen LogP contribution >= 0.6 is 15.9 Å². The zero-order chi connectivity index (χ0) is 23.8. The number of halogens is 4. The summed E-state index contributed by atoms with van der Waals surface area (Å²) in [5.74, 6) is 1.07. The van der Waals surface area contributed by atoms with Crippen molar-refractivity contribution >= 4 is 38.3 Å². The Balaban J connectivity index is 1.98. The number of aromatic nitrogens is 2. The van der Waals surface area contributed by atoms with Gasteiger partial charge in [0.25, 0.3) is 0 Å². The van der Waals surface area contributed by atoms with Crippen molar-refractivity contribution in [1.82, 2.24) is 9.97 Å². The molecule has 0 fully saturated rings. The summed E-state index contributed by atoms with van der Waals surface area (Å²) in [5, 5.41) is 17.2. The van der Waals surface area contributed by atoms with Crippen LogP contribution < -0.4 is 10.6 Å². The number of nitrogens with one attached hydrogen (secondary N) is 2. The zero-order valence-corrected chi connectivity index (χ0v) is 20.1. The van der Waals surface area contributed by atoms with E-state index in [0.29, 0.717) is 29.3 Å². The number of hydrogen-bond donors (Lipinski definition) is 3. The molecule has 0 saturated carbocycles. The summed E-state index contributed by atoms with van der Waals surface area (Å²) in [6, 6.07) is 7.49. The van der Waals surface area contributed by atoms with E-state index in [1.165, 1.54) is 13.0 Å². The van der Waals surface area contributed by atoms with Gasteiger partial charge in [-0.1, -0.05) is 12.1 Å². The number of fused-ring (bicyclic) bond motifs is 1. The number of aliphatic hydroxyl groups is 1. The van der Waals surface area contributed by atoms with Gasteiger partial charge in [0.15, 0.2) is 0 Å². The topological polar surface area (TPSA) is 70.1 Å². The highest BCUT2D eigenvalue weighted by Crippen LogP contribution is 2.36. The van der Waals surface area contributed by atoms with Crippen LogP contribution in [-0.2, 0) is 6.18 Å². The van der Waals surface area contributed by atoms with Crippen LogP contribution in [-0.4, -0.2) is 27.2 Å². The van der Waals surface area contributed by atoms with E-state index in [2.05, 4.69) is 36.5 Å². The number of rotatable bonds is 6. The number of aryl methyl sites for hydroxylation is 1. The monoisotopic (exact) mass is 510 g/mol.